The summed E-state index contributed by atoms with van der Waals surface area (Å²) in [5.41, 5.74) is 1.05. The van der Waals surface area contributed by atoms with Gasteiger partial charge >= 0.3 is 0 Å². The van der Waals surface area contributed by atoms with E-state index in [1.165, 1.54) is 0 Å². The number of hydrogen-bond acceptors (Lipinski definition) is 2. The summed E-state index contributed by atoms with van der Waals surface area (Å²) in [6, 6.07) is 0. The lowest BCUT2D eigenvalue weighted by atomic mass is 9.92. The van der Waals surface area contributed by atoms with Crippen molar-refractivity contribution in [1.82, 2.24) is 4.90 Å². The van der Waals surface area contributed by atoms with E-state index >= 15 is 0 Å². The van der Waals surface area contributed by atoms with E-state index in [2.05, 4.69) is 17.9 Å². The van der Waals surface area contributed by atoms with Crippen LogP contribution in [0.2, 0.25) is 0 Å². The lowest BCUT2D eigenvalue weighted by molar-refractivity contribution is -0.130. The minimum Gasteiger partial charge on any atom is -0.375 e. The van der Waals surface area contributed by atoms with Crippen LogP contribution < -0.4 is 0 Å². The van der Waals surface area contributed by atoms with Gasteiger partial charge in [0.15, 0.2) is 0 Å². The molecule has 0 aromatic rings. The van der Waals surface area contributed by atoms with Gasteiger partial charge in [0.05, 0.1) is 12.2 Å². The Labute approximate surface area is 103 Å². The Balaban J connectivity index is 1.64. The molecule has 0 unspecified atom stereocenters. The number of nitrogens with zero attached hydrogens (tertiary/aromatic N) is 1. The third-order valence-corrected chi connectivity index (χ3v) is 4.31. The maximum absolute atomic E-state index is 12.3. The predicted molar refractivity (Wildman–Crippen MR) is 65.6 cm³/mol. The number of hydrogen-bond donors (Lipinski definition) is 0. The molecule has 94 valence electrons. The highest BCUT2D eigenvalue weighted by atomic mass is 16.5. The molecule has 2 fully saturated rings. The molecule has 0 aromatic carbocycles. The summed E-state index contributed by atoms with van der Waals surface area (Å²) >= 11 is 0. The van der Waals surface area contributed by atoms with E-state index < -0.39 is 0 Å². The number of fused-ring (bicyclic) bond motifs is 1. The van der Waals surface area contributed by atoms with E-state index in [-0.39, 0.29) is 0 Å². The van der Waals surface area contributed by atoms with Crippen LogP contribution in [0.4, 0.5) is 0 Å². The Hall–Kier alpha value is -0.830. The van der Waals surface area contributed by atoms with Crippen LogP contribution in [-0.2, 0) is 9.53 Å². The first-order chi connectivity index (χ1) is 8.24. The second-order valence-electron chi connectivity index (χ2n) is 5.64. The second-order valence-corrected chi connectivity index (χ2v) is 5.64. The molecule has 0 bridgehead atoms. The molecule has 0 N–H and O–H groups in total. The molecule has 2 saturated heterocycles. The molecule has 0 radical (unpaired) electrons. The van der Waals surface area contributed by atoms with Crippen LogP contribution in [0, 0.1) is 5.92 Å². The van der Waals surface area contributed by atoms with Crippen molar-refractivity contribution in [3.05, 3.63) is 11.6 Å². The molecular weight excluding hydrogens is 214 g/mol. The van der Waals surface area contributed by atoms with Crippen molar-refractivity contribution in [3.63, 3.8) is 0 Å². The van der Waals surface area contributed by atoms with Crippen molar-refractivity contribution in [1.29, 1.82) is 0 Å². The SMILES string of the molecule is C[C@H]1C[C@H]2CN(C(=O)C3=CCCC3)CC[C@H]2O1. The molecule has 2 aliphatic heterocycles. The largest absolute Gasteiger partial charge is 0.375 e. The van der Waals surface area contributed by atoms with E-state index in [0.29, 0.717) is 24.0 Å². The van der Waals surface area contributed by atoms with Crippen molar-refractivity contribution in [2.75, 3.05) is 13.1 Å². The van der Waals surface area contributed by atoms with Crippen LogP contribution in [0.5, 0.6) is 0 Å². The smallest absolute Gasteiger partial charge is 0.249 e. The average molecular weight is 235 g/mol. The zero-order chi connectivity index (χ0) is 11.8. The first kappa shape index (κ1) is 11.3. The molecule has 3 aliphatic rings. The molecule has 0 aromatic heterocycles. The molecule has 2 heterocycles. The Bertz CT molecular complexity index is 350. The van der Waals surface area contributed by atoms with E-state index in [9.17, 15) is 4.79 Å². The van der Waals surface area contributed by atoms with Crippen molar-refractivity contribution >= 4 is 5.91 Å². The summed E-state index contributed by atoms with van der Waals surface area (Å²) in [4.78, 5) is 14.3. The molecule has 3 heteroatoms. The number of carbonyl (C=O) groups excluding carboxylic acids is 1. The first-order valence-electron chi connectivity index (χ1n) is 6.88. The molecule has 0 spiro atoms. The Morgan fingerprint density at radius 3 is 3.18 bits per heavy atom. The molecule has 3 rings (SSSR count). The molecular formula is C14H21NO2. The predicted octanol–water partition coefficient (Wildman–Crippen LogP) is 2.12. The van der Waals surface area contributed by atoms with Gasteiger partial charge in [0.25, 0.3) is 0 Å². The number of likely N-dealkylation sites (tertiary alicyclic amines) is 1. The van der Waals surface area contributed by atoms with E-state index in [4.69, 9.17) is 4.74 Å². The van der Waals surface area contributed by atoms with Crippen LogP contribution in [-0.4, -0.2) is 36.1 Å². The van der Waals surface area contributed by atoms with Gasteiger partial charge in [0.1, 0.15) is 0 Å². The fraction of sp³-hybridized carbons (Fsp3) is 0.786. The van der Waals surface area contributed by atoms with Crippen molar-refractivity contribution in [2.24, 2.45) is 5.92 Å². The Kier molecular flexibility index (Phi) is 2.95. The third-order valence-electron chi connectivity index (χ3n) is 4.31. The normalized spacial score (nSPS) is 36.9. The summed E-state index contributed by atoms with van der Waals surface area (Å²) in [5, 5.41) is 0. The molecule has 0 saturated carbocycles. The van der Waals surface area contributed by atoms with Gasteiger partial charge < -0.3 is 9.64 Å². The third kappa shape index (κ3) is 2.13. The average Bonchev–Trinajstić information content (AvgIpc) is 2.94. The van der Waals surface area contributed by atoms with Gasteiger partial charge in [-0.15, -0.1) is 0 Å². The molecule has 1 amide bonds. The summed E-state index contributed by atoms with van der Waals surface area (Å²) in [6.07, 6.45) is 8.28. The van der Waals surface area contributed by atoms with Crippen molar-refractivity contribution in [3.8, 4) is 0 Å². The van der Waals surface area contributed by atoms with E-state index in [1.54, 1.807) is 0 Å². The number of ether oxygens (including phenoxy) is 1. The lowest BCUT2D eigenvalue weighted by Crippen LogP contribution is -2.44. The van der Waals surface area contributed by atoms with E-state index in [0.717, 1.165) is 50.8 Å². The maximum atomic E-state index is 12.3. The minimum atomic E-state index is 0.292. The van der Waals surface area contributed by atoms with Gasteiger partial charge in [-0.3, -0.25) is 4.79 Å². The first-order valence-corrected chi connectivity index (χ1v) is 6.88. The molecule has 1 aliphatic carbocycles. The highest BCUT2D eigenvalue weighted by molar-refractivity contribution is 5.93. The Morgan fingerprint density at radius 2 is 2.41 bits per heavy atom. The number of amides is 1. The highest BCUT2D eigenvalue weighted by Crippen LogP contribution is 2.33. The van der Waals surface area contributed by atoms with Crippen LogP contribution in [0.1, 0.15) is 39.0 Å². The summed E-state index contributed by atoms with van der Waals surface area (Å²) in [7, 11) is 0. The number of allylic oxidation sites excluding steroid dienone is 1. The van der Waals surface area contributed by atoms with Crippen molar-refractivity contribution < 1.29 is 9.53 Å². The fourth-order valence-corrected chi connectivity index (χ4v) is 3.45. The van der Waals surface area contributed by atoms with Gasteiger partial charge in [-0.25, -0.2) is 0 Å². The van der Waals surface area contributed by atoms with Crippen LogP contribution in [0.3, 0.4) is 0 Å². The fourth-order valence-electron chi connectivity index (χ4n) is 3.45. The maximum Gasteiger partial charge on any atom is 0.249 e. The van der Waals surface area contributed by atoms with Gasteiger partial charge in [0, 0.05) is 24.6 Å². The summed E-state index contributed by atoms with van der Waals surface area (Å²) in [6.45, 7) is 3.93. The summed E-state index contributed by atoms with van der Waals surface area (Å²) in [5.74, 6) is 0.866. The quantitative estimate of drug-likeness (QED) is 0.696. The number of rotatable bonds is 1. The number of carbonyl (C=O) groups is 1. The van der Waals surface area contributed by atoms with Gasteiger partial charge in [-0.1, -0.05) is 6.08 Å². The number of piperidine rings is 1. The van der Waals surface area contributed by atoms with Gasteiger partial charge in [-0.05, 0) is 39.0 Å². The van der Waals surface area contributed by atoms with Crippen molar-refractivity contribution in [2.45, 2.75) is 51.2 Å². The van der Waals surface area contributed by atoms with Crippen LogP contribution in [0.25, 0.3) is 0 Å². The van der Waals surface area contributed by atoms with Gasteiger partial charge in [0.2, 0.25) is 5.91 Å². The molecule has 3 atom stereocenters. The molecule has 17 heavy (non-hydrogen) atoms. The second kappa shape index (κ2) is 4.45. The topological polar surface area (TPSA) is 29.5 Å². The standard InChI is InChI=1S/C14H21NO2/c1-10-8-12-9-15(7-6-13(12)17-10)14(16)11-4-2-3-5-11/h4,10,12-13H,2-3,5-9H2,1H3/t10-,12-,13+/m0/s1. The summed E-state index contributed by atoms with van der Waals surface area (Å²) < 4.78 is 5.87. The molecule has 3 nitrogen and oxygen atoms in total. The minimum absolute atomic E-state index is 0.292. The van der Waals surface area contributed by atoms with Crippen LogP contribution >= 0.6 is 0 Å². The lowest BCUT2D eigenvalue weighted by Gasteiger charge is -2.34. The van der Waals surface area contributed by atoms with E-state index in [1.807, 2.05) is 0 Å². The van der Waals surface area contributed by atoms with Crippen LogP contribution in [0.15, 0.2) is 11.6 Å². The monoisotopic (exact) mass is 235 g/mol. The highest BCUT2D eigenvalue weighted by Gasteiger charge is 2.39. The zero-order valence-corrected chi connectivity index (χ0v) is 10.5. The zero-order valence-electron chi connectivity index (χ0n) is 10.5. The Morgan fingerprint density at radius 1 is 1.53 bits per heavy atom. The van der Waals surface area contributed by atoms with Gasteiger partial charge in [-0.2, -0.15) is 0 Å².